The van der Waals surface area contributed by atoms with Crippen LogP contribution in [-0.4, -0.2) is 25.8 Å². The average molecular weight is 361 g/mol. The largest absolute Gasteiger partial charge is 0.497 e. The summed E-state index contributed by atoms with van der Waals surface area (Å²) in [5, 5.41) is 4.49. The van der Waals surface area contributed by atoms with Crippen LogP contribution in [0, 0.1) is 0 Å². The average Bonchev–Trinajstić information content (AvgIpc) is 2.62. The number of hydrogen-bond acceptors (Lipinski definition) is 4. The Labute approximate surface area is 152 Å². The summed E-state index contributed by atoms with van der Waals surface area (Å²) < 4.78 is 10.7. The molecule has 0 bridgehead atoms. The van der Waals surface area contributed by atoms with Crippen molar-refractivity contribution in [3.05, 3.63) is 58.6 Å². The molecular weight excluding hydrogens is 340 g/mol. The maximum atomic E-state index is 12.0. The van der Waals surface area contributed by atoms with Gasteiger partial charge in [-0.05, 0) is 47.9 Å². The fourth-order valence-corrected chi connectivity index (χ4v) is 2.29. The normalized spacial score (nSPS) is 10.7. The van der Waals surface area contributed by atoms with E-state index in [-0.39, 0.29) is 12.3 Å². The van der Waals surface area contributed by atoms with Crippen molar-refractivity contribution in [1.82, 2.24) is 5.43 Å². The Morgan fingerprint density at radius 2 is 2.08 bits per heavy atom. The molecule has 0 atom stereocenters. The summed E-state index contributed by atoms with van der Waals surface area (Å²) in [7, 11) is 1.57. The first kappa shape index (κ1) is 18.8. The van der Waals surface area contributed by atoms with E-state index in [1.807, 2.05) is 24.3 Å². The number of halogens is 1. The van der Waals surface area contributed by atoms with Crippen molar-refractivity contribution in [3.8, 4) is 11.5 Å². The third-order valence-corrected chi connectivity index (χ3v) is 3.71. The van der Waals surface area contributed by atoms with Crippen LogP contribution in [0.25, 0.3) is 0 Å². The van der Waals surface area contributed by atoms with E-state index in [2.05, 4.69) is 17.5 Å². The van der Waals surface area contributed by atoms with Crippen molar-refractivity contribution >= 4 is 23.7 Å². The van der Waals surface area contributed by atoms with Gasteiger partial charge in [0.2, 0.25) is 5.91 Å². The summed E-state index contributed by atoms with van der Waals surface area (Å²) in [5.74, 6) is 1.17. The van der Waals surface area contributed by atoms with E-state index in [1.54, 1.807) is 31.5 Å². The van der Waals surface area contributed by atoms with Gasteiger partial charge in [0.1, 0.15) is 11.5 Å². The minimum absolute atomic E-state index is 0.118. The predicted octanol–water partition coefficient (Wildman–Crippen LogP) is 3.83. The number of benzene rings is 2. The second-order valence-electron chi connectivity index (χ2n) is 5.35. The van der Waals surface area contributed by atoms with Crippen LogP contribution in [0.1, 0.15) is 24.5 Å². The molecule has 5 nitrogen and oxygen atoms in total. The minimum Gasteiger partial charge on any atom is -0.497 e. The molecule has 0 spiro atoms. The van der Waals surface area contributed by atoms with Crippen molar-refractivity contribution in [2.45, 2.75) is 19.8 Å². The number of nitrogens with zero attached hydrogens (tertiary/aromatic N) is 1. The van der Waals surface area contributed by atoms with Gasteiger partial charge in [-0.1, -0.05) is 30.7 Å². The monoisotopic (exact) mass is 360 g/mol. The number of nitrogens with one attached hydrogen (secondary N) is 1. The number of rotatable bonds is 8. The summed E-state index contributed by atoms with van der Waals surface area (Å²) in [6.45, 7) is 2.72. The summed E-state index contributed by atoms with van der Waals surface area (Å²) >= 11 is 6.10. The molecule has 0 heterocycles. The zero-order chi connectivity index (χ0) is 18.1. The van der Waals surface area contributed by atoms with Crippen LogP contribution >= 0.6 is 11.6 Å². The summed E-state index contributed by atoms with van der Waals surface area (Å²) in [4.78, 5) is 12.0. The second kappa shape index (κ2) is 9.69. The van der Waals surface area contributed by atoms with Crippen LogP contribution in [0.5, 0.6) is 11.5 Å². The second-order valence-corrected chi connectivity index (χ2v) is 5.76. The maximum Gasteiger partial charge on any atom is 0.244 e. The standard InChI is InChI=1S/C19H21ClN2O3/c1-3-9-25-17-6-4-5-14(10-17)13-21-22-19(23)12-15-11-16(24-2)7-8-18(15)20/h4-8,10-11,13H,3,9,12H2,1-2H3,(H,22,23)/b21-13+. The van der Waals surface area contributed by atoms with E-state index in [1.165, 1.54) is 0 Å². The number of carbonyl (C=O) groups excluding carboxylic acids is 1. The zero-order valence-electron chi connectivity index (χ0n) is 14.3. The first-order valence-electron chi connectivity index (χ1n) is 7.99. The first-order chi connectivity index (χ1) is 12.1. The molecular formula is C19H21ClN2O3. The number of carbonyl (C=O) groups is 1. The maximum absolute atomic E-state index is 12.0. The Hall–Kier alpha value is -2.53. The first-order valence-corrected chi connectivity index (χ1v) is 8.37. The summed E-state index contributed by atoms with van der Waals surface area (Å²) in [6, 6.07) is 12.7. The molecule has 25 heavy (non-hydrogen) atoms. The van der Waals surface area contributed by atoms with Crippen LogP contribution in [-0.2, 0) is 11.2 Å². The predicted molar refractivity (Wildman–Crippen MR) is 99.7 cm³/mol. The van der Waals surface area contributed by atoms with Crippen molar-refractivity contribution in [2.24, 2.45) is 5.10 Å². The highest BCUT2D eigenvalue weighted by molar-refractivity contribution is 6.31. The Bertz CT molecular complexity index is 747. The molecule has 2 aromatic rings. The van der Waals surface area contributed by atoms with Crippen molar-refractivity contribution in [3.63, 3.8) is 0 Å². The molecule has 1 amide bonds. The number of methoxy groups -OCH3 is 1. The number of hydrogen-bond donors (Lipinski definition) is 1. The van der Waals surface area contributed by atoms with Gasteiger partial charge in [0.15, 0.2) is 0 Å². The van der Waals surface area contributed by atoms with Gasteiger partial charge < -0.3 is 9.47 Å². The summed E-state index contributed by atoms with van der Waals surface area (Å²) in [6.07, 6.45) is 2.64. The highest BCUT2D eigenvalue weighted by Crippen LogP contribution is 2.22. The fraction of sp³-hybridized carbons (Fsp3) is 0.263. The van der Waals surface area contributed by atoms with Gasteiger partial charge in [-0.3, -0.25) is 4.79 Å². The lowest BCUT2D eigenvalue weighted by Crippen LogP contribution is -2.20. The van der Waals surface area contributed by atoms with E-state index < -0.39 is 0 Å². The van der Waals surface area contributed by atoms with Gasteiger partial charge in [-0.15, -0.1) is 0 Å². The van der Waals surface area contributed by atoms with Gasteiger partial charge in [0, 0.05) is 5.02 Å². The van der Waals surface area contributed by atoms with Crippen LogP contribution in [0.4, 0.5) is 0 Å². The van der Waals surface area contributed by atoms with Crippen LogP contribution in [0.15, 0.2) is 47.6 Å². The van der Waals surface area contributed by atoms with E-state index in [0.717, 1.165) is 17.7 Å². The van der Waals surface area contributed by atoms with Crippen molar-refractivity contribution in [1.29, 1.82) is 0 Å². The Kier molecular flexibility index (Phi) is 7.29. The van der Waals surface area contributed by atoms with Crippen molar-refractivity contribution in [2.75, 3.05) is 13.7 Å². The molecule has 132 valence electrons. The quantitative estimate of drug-likeness (QED) is 0.575. The topological polar surface area (TPSA) is 59.9 Å². The number of hydrazone groups is 1. The van der Waals surface area contributed by atoms with Crippen LogP contribution < -0.4 is 14.9 Å². The highest BCUT2D eigenvalue weighted by atomic mass is 35.5. The molecule has 0 unspecified atom stereocenters. The third kappa shape index (κ3) is 6.12. The van der Waals surface area contributed by atoms with E-state index >= 15 is 0 Å². The smallest absolute Gasteiger partial charge is 0.244 e. The van der Waals surface area contributed by atoms with Gasteiger partial charge in [0.25, 0.3) is 0 Å². The lowest BCUT2D eigenvalue weighted by molar-refractivity contribution is -0.120. The van der Waals surface area contributed by atoms with Gasteiger partial charge in [-0.25, -0.2) is 5.43 Å². The third-order valence-electron chi connectivity index (χ3n) is 3.34. The molecule has 2 aromatic carbocycles. The van der Waals surface area contributed by atoms with E-state index in [9.17, 15) is 4.79 Å². The molecule has 0 aromatic heterocycles. The zero-order valence-corrected chi connectivity index (χ0v) is 15.0. The van der Waals surface area contributed by atoms with Crippen LogP contribution in [0.2, 0.25) is 5.02 Å². The molecule has 0 aliphatic heterocycles. The number of amides is 1. The molecule has 0 saturated carbocycles. The molecule has 1 N–H and O–H groups in total. The lowest BCUT2D eigenvalue weighted by atomic mass is 10.1. The Morgan fingerprint density at radius 3 is 2.84 bits per heavy atom. The molecule has 6 heteroatoms. The Balaban J connectivity index is 1.92. The molecule has 0 saturated heterocycles. The highest BCUT2D eigenvalue weighted by Gasteiger charge is 2.08. The van der Waals surface area contributed by atoms with E-state index in [4.69, 9.17) is 21.1 Å². The molecule has 0 radical (unpaired) electrons. The molecule has 2 rings (SSSR count). The van der Waals surface area contributed by atoms with E-state index in [0.29, 0.717) is 22.9 Å². The van der Waals surface area contributed by atoms with Gasteiger partial charge >= 0.3 is 0 Å². The van der Waals surface area contributed by atoms with Gasteiger partial charge in [0.05, 0.1) is 26.4 Å². The van der Waals surface area contributed by atoms with Crippen LogP contribution in [0.3, 0.4) is 0 Å². The fourth-order valence-electron chi connectivity index (χ4n) is 2.11. The Morgan fingerprint density at radius 1 is 1.24 bits per heavy atom. The number of ether oxygens (including phenoxy) is 2. The SMILES string of the molecule is CCCOc1cccc(/C=N/NC(=O)Cc2cc(OC)ccc2Cl)c1. The lowest BCUT2D eigenvalue weighted by Gasteiger charge is -2.06. The van der Waals surface area contributed by atoms with Crippen molar-refractivity contribution < 1.29 is 14.3 Å². The minimum atomic E-state index is -0.259. The summed E-state index contributed by atoms with van der Waals surface area (Å²) in [5.41, 5.74) is 4.02. The molecule has 0 aliphatic carbocycles. The van der Waals surface area contributed by atoms with Gasteiger partial charge in [-0.2, -0.15) is 5.10 Å². The molecule has 0 aliphatic rings. The molecule has 0 fully saturated rings.